The Bertz CT molecular complexity index is 623. The number of hydrogen-bond donors (Lipinski definition) is 1. The molecule has 0 saturated carbocycles. The van der Waals surface area contributed by atoms with Crippen molar-refractivity contribution >= 4 is 5.97 Å². The first-order chi connectivity index (χ1) is 9.47. The second kappa shape index (κ2) is 5.73. The highest BCUT2D eigenvalue weighted by Gasteiger charge is 2.17. The van der Waals surface area contributed by atoms with Crippen LogP contribution in [0.25, 0.3) is 0 Å². The molecular weight excluding hydrogens is 263 g/mol. The maximum absolute atomic E-state index is 13.5. The van der Waals surface area contributed by atoms with Crippen molar-refractivity contribution in [2.75, 3.05) is 0 Å². The number of hydrogen-bond acceptors (Lipinski definition) is 4. The average molecular weight is 278 g/mol. The molecule has 0 fully saturated rings. The third kappa shape index (κ3) is 3.14. The number of carbonyl (C=O) groups excluding carboxylic acids is 1. The smallest absolute Gasteiger partial charge is 0.359 e. The minimum Gasteiger partial charge on any atom is -0.493 e. The van der Waals surface area contributed by atoms with Gasteiger partial charge in [-0.05, 0) is 19.9 Å². The van der Waals surface area contributed by atoms with E-state index < -0.39 is 11.8 Å². The van der Waals surface area contributed by atoms with E-state index in [1.54, 1.807) is 32.0 Å². The number of aromatic nitrogens is 2. The van der Waals surface area contributed by atoms with Gasteiger partial charge in [0.05, 0.1) is 12.6 Å². The van der Waals surface area contributed by atoms with Crippen molar-refractivity contribution < 1.29 is 19.0 Å². The quantitative estimate of drug-likeness (QED) is 0.872. The van der Waals surface area contributed by atoms with Crippen molar-refractivity contribution in [2.24, 2.45) is 0 Å². The lowest BCUT2D eigenvalue weighted by Gasteiger charge is -2.05. The minimum absolute atomic E-state index is 0.00691. The van der Waals surface area contributed by atoms with Crippen LogP contribution in [0.5, 0.6) is 5.88 Å². The van der Waals surface area contributed by atoms with Gasteiger partial charge in [-0.3, -0.25) is 0 Å². The molecule has 20 heavy (non-hydrogen) atoms. The molecule has 1 heterocycles. The van der Waals surface area contributed by atoms with E-state index in [0.717, 1.165) is 4.68 Å². The monoisotopic (exact) mass is 278 g/mol. The summed E-state index contributed by atoms with van der Waals surface area (Å²) in [5, 5.41) is 13.7. The Morgan fingerprint density at radius 2 is 2.15 bits per heavy atom. The van der Waals surface area contributed by atoms with Crippen LogP contribution in [-0.4, -0.2) is 27.0 Å². The van der Waals surface area contributed by atoms with Crippen molar-refractivity contribution in [2.45, 2.75) is 26.5 Å². The molecule has 0 unspecified atom stereocenters. The molecule has 1 aromatic carbocycles. The number of ether oxygens (including phenoxy) is 1. The Labute approximate surface area is 115 Å². The van der Waals surface area contributed by atoms with E-state index in [2.05, 4.69) is 5.10 Å². The van der Waals surface area contributed by atoms with Gasteiger partial charge in [0.25, 0.3) is 0 Å². The molecule has 5 nitrogen and oxygen atoms in total. The topological polar surface area (TPSA) is 64.3 Å². The molecule has 0 aliphatic carbocycles. The molecule has 1 N–H and O–H groups in total. The van der Waals surface area contributed by atoms with Crippen LogP contribution in [0.3, 0.4) is 0 Å². The molecule has 0 aliphatic rings. The highest BCUT2D eigenvalue weighted by Crippen LogP contribution is 2.16. The van der Waals surface area contributed by atoms with Crippen LogP contribution in [0.1, 0.15) is 29.9 Å². The highest BCUT2D eigenvalue weighted by molar-refractivity contribution is 5.87. The number of nitrogens with zero attached hydrogens (tertiary/aromatic N) is 2. The van der Waals surface area contributed by atoms with Gasteiger partial charge >= 0.3 is 5.97 Å². The highest BCUT2D eigenvalue weighted by atomic mass is 19.1. The third-order valence-corrected chi connectivity index (χ3v) is 2.59. The maximum Gasteiger partial charge on any atom is 0.359 e. The number of esters is 1. The molecular formula is C14H15FN2O3. The zero-order valence-electron chi connectivity index (χ0n) is 11.2. The molecule has 2 aromatic rings. The van der Waals surface area contributed by atoms with Crippen molar-refractivity contribution in [3.8, 4) is 5.88 Å². The van der Waals surface area contributed by atoms with E-state index in [9.17, 15) is 14.3 Å². The molecule has 1 aromatic heterocycles. The molecule has 0 spiro atoms. The van der Waals surface area contributed by atoms with Gasteiger partial charge in [0.2, 0.25) is 5.88 Å². The van der Waals surface area contributed by atoms with Crippen LogP contribution < -0.4 is 0 Å². The predicted octanol–water partition coefficient (Wildman–Crippen LogP) is 2.34. The molecule has 0 aliphatic heterocycles. The fourth-order valence-electron chi connectivity index (χ4n) is 1.69. The molecule has 0 bridgehead atoms. The zero-order chi connectivity index (χ0) is 14.7. The van der Waals surface area contributed by atoms with Gasteiger partial charge in [-0.15, -0.1) is 0 Å². The molecule has 106 valence electrons. The van der Waals surface area contributed by atoms with Gasteiger partial charge in [0.1, 0.15) is 5.82 Å². The number of benzene rings is 1. The van der Waals surface area contributed by atoms with Crippen LogP contribution in [0.15, 0.2) is 30.3 Å². The Morgan fingerprint density at radius 1 is 1.45 bits per heavy atom. The Balaban J connectivity index is 2.20. The first-order valence-corrected chi connectivity index (χ1v) is 6.18. The van der Waals surface area contributed by atoms with E-state index in [1.165, 1.54) is 12.1 Å². The molecule has 0 amide bonds. The number of rotatable bonds is 4. The molecule has 0 radical (unpaired) electrons. The lowest BCUT2D eigenvalue weighted by atomic mass is 10.2. The van der Waals surface area contributed by atoms with Crippen LogP contribution >= 0.6 is 0 Å². The van der Waals surface area contributed by atoms with Crippen molar-refractivity contribution in [1.82, 2.24) is 9.78 Å². The second-order valence-corrected chi connectivity index (χ2v) is 4.59. The summed E-state index contributed by atoms with van der Waals surface area (Å²) >= 11 is 0. The summed E-state index contributed by atoms with van der Waals surface area (Å²) in [5.74, 6) is -1.24. The lowest BCUT2D eigenvalue weighted by Crippen LogP contribution is -2.13. The predicted molar refractivity (Wildman–Crippen MR) is 69.9 cm³/mol. The summed E-state index contributed by atoms with van der Waals surface area (Å²) < 4.78 is 19.7. The van der Waals surface area contributed by atoms with Crippen LogP contribution in [-0.2, 0) is 11.3 Å². The van der Waals surface area contributed by atoms with Crippen LogP contribution in [0.4, 0.5) is 4.39 Å². The van der Waals surface area contributed by atoms with E-state index in [-0.39, 0.29) is 24.2 Å². The van der Waals surface area contributed by atoms with Gasteiger partial charge in [-0.2, -0.15) is 5.10 Å². The van der Waals surface area contributed by atoms with Gasteiger partial charge in [-0.1, -0.05) is 18.2 Å². The van der Waals surface area contributed by atoms with E-state index in [0.29, 0.717) is 5.56 Å². The largest absolute Gasteiger partial charge is 0.493 e. The SMILES string of the molecule is CC(C)OC(=O)c1cc(O)n(Cc2ccccc2F)n1. The number of halogens is 1. The van der Waals surface area contributed by atoms with Crippen LogP contribution in [0.2, 0.25) is 0 Å². The molecule has 0 atom stereocenters. The normalized spacial score (nSPS) is 10.8. The Morgan fingerprint density at radius 3 is 2.80 bits per heavy atom. The lowest BCUT2D eigenvalue weighted by molar-refractivity contribution is 0.0370. The second-order valence-electron chi connectivity index (χ2n) is 4.59. The fraction of sp³-hybridized carbons (Fsp3) is 0.286. The van der Waals surface area contributed by atoms with E-state index in [1.807, 2.05) is 0 Å². The van der Waals surface area contributed by atoms with E-state index >= 15 is 0 Å². The van der Waals surface area contributed by atoms with Crippen LogP contribution in [0, 0.1) is 5.82 Å². The molecule has 2 rings (SSSR count). The minimum atomic E-state index is -0.623. The van der Waals surface area contributed by atoms with Gasteiger partial charge < -0.3 is 9.84 Å². The molecule has 0 saturated heterocycles. The zero-order valence-corrected chi connectivity index (χ0v) is 11.2. The molecule has 6 heteroatoms. The Hall–Kier alpha value is -2.37. The maximum atomic E-state index is 13.5. The van der Waals surface area contributed by atoms with Gasteiger partial charge in [0, 0.05) is 11.6 Å². The summed E-state index contributed by atoms with van der Waals surface area (Å²) in [6.45, 7) is 3.47. The fourth-order valence-corrected chi connectivity index (χ4v) is 1.69. The summed E-state index contributed by atoms with van der Waals surface area (Å²) in [5.41, 5.74) is 0.363. The average Bonchev–Trinajstić information content (AvgIpc) is 2.73. The standard InChI is InChI=1S/C14H15FN2O3/c1-9(2)20-14(19)12-7-13(18)17(16-12)8-10-5-3-4-6-11(10)15/h3-7,9,18H,8H2,1-2H3. The van der Waals surface area contributed by atoms with Gasteiger partial charge in [0.15, 0.2) is 5.69 Å². The van der Waals surface area contributed by atoms with Crippen molar-refractivity contribution in [3.63, 3.8) is 0 Å². The third-order valence-electron chi connectivity index (χ3n) is 2.59. The first-order valence-electron chi connectivity index (χ1n) is 6.18. The summed E-state index contributed by atoms with van der Waals surface area (Å²) in [7, 11) is 0. The first kappa shape index (κ1) is 14.0. The Kier molecular flexibility index (Phi) is 4.02. The summed E-state index contributed by atoms with van der Waals surface area (Å²) in [4.78, 5) is 11.7. The van der Waals surface area contributed by atoms with Crippen molar-refractivity contribution in [1.29, 1.82) is 0 Å². The summed E-state index contributed by atoms with van der Waals surface area (Å²) in [6, 6.07) is 7.37. The van der Waals surface area contributed by atoms with E-state index in [4.69, 9.17) is 4.74 Å². The number of aromatic hydroxyl groups is 1. The van der Waals surface area contributed by atoms with Crippen molar-refractivity contribution in [3.05, 3.63) is 47.4 Å². The summed E-state index contributed by atoms with van der Waals surface area (Å²) in [6.07, 6.45) is -0.277. The van der Waals surface area contributed by atoms with Gasteiger partial charge in [-0.25, -0.2) is 13.9 Å². The number of carbonyl (C=O) groups is 1.